The maximum atomic E-state index is 12.5. The van der Waals surface area contributed by atoms with Crippen molar-refractivity contribution in [3.8, 4) is 5.75 Å². The van der Waals surface area contributed by atoms with E-state index in [1.807, 2.05) is 23.1 Å². The summed E-state index contributed by atoms with van der Waals surface area (Å²) in [6.07, 6.45) is 4.45. The fourth-order valence-electron chi connectivity index (χ4n) is 2.91. The first-order chi connectivity index (χ1) is 10.6. The van der Waals surface area contributed by atoms with E-state index in [1.54, 1.807) is 4.90 Å². The van der Waals surface area contributed by atoms with Gasteiger partial charge in [0.15, 0.2) is 6.61 Å². The van der Waals surface area contributed by atoms with Crippen molar-refractivity contribution in [2.75, 3.05) is 31.1 Å². The van der Waals surface area contributed by atoms with Crippen LogP contribution in [0.15, 0.2) is 22.7 Å². The molecule has 0 bridgehead atoms. The summed E-state index contributed by atoms with van der Waals surface area (Å²) in [7, 11) is 0. The lowest BCUT2D eigenvalue weighted by Gasteiger charge is -2.31. The molecule has 3 rings (SSSR count). The van der Waals surface area contributed by atoms with E-state index in [-0.39, 0.29) is 25.0 Å². The van der Waals surface area contributed by atoms with Crippen LogP contribution in [-0.4, -0.2) is 43.0 Å². The standard InChI is InChI=1S/C16H19BrN2O3/c17-12-5-6-13-14(9-12)22-11-16(21)19(13)10-15(20)18-7-3-1-2-4-8-18/h5-6,9H,1-4,7-8,10-11H2. The number of amides is 2. The van der Waals surface area contributed by atoms with Crippen molar-refractivity contribution in [2.45, 2.75) is 25.7 Å². The van der Waals surface area contributed by atoms with Gasteiger partial charge in [-0.2, -0.15) is 0 Å². The number of carbonyl (C=O) groups is 2. The molecule has 2 aliphatic rings. The lowest BCUT2D eigenvalue weighted by Crippen LogP contribution is -2.46. The summed E-state index contributed by atoms with van der Waals surface area (Å²) >= 11 is 3.39. The number of carbonyl (C=O) groups excluding carboxylic acids is 2. The highest BCUT2D eigenvalue weighted by molar-refractivity contribution is 9.10. The second kappa shape index (κ2) is 6.69. The van der Waals surface area contributed by atoms with Crippen LogP contribution in [0.1, 0.15) is 25.7 Å². The fraction of sp³-hybridized carbons (Fsp3) is 0.500. The lowest BCUT2D eigenvalue weighted by molar-refractivity contribution is -0.132. The van der Waals surface area contributed by atoms with Gasteiger partial charge in [-0.05, 0) is 31.0 Å². The number of hydrogen-bond acceptors (Lipinski definition) is 3. The Morgan fingerprint density at radius 2 is 1.91 bits per heavy atom. The zero-order valence-electron chi connectivity index (χ0n) is 12.4. The third-order valence-corrected chi connectivity index (χ3v) is 4.61. The van der Waals surface area contributed by atoms with E-state index in [4.69, 9.17) is 4.74 Å². The van der Waals surface area contributed by atoms with Gasteiger partial charge in [0.25, 0.3) is 5.91 Å². The molecular formula is C16H19BrN2O3. The summed E-state index contributed by atoms with van der Waals surface area (Å²) in [5.41, 5.74) is 0.669. The van der Waals surface area contributed by atoms with Crippen molar-refractivity contribution < 1.29 is 14.3 Å². The van der Waals surface area contributed by atoms with E-state index in [2.05, 4.69) is 15.9 Å². The number of benzene rings is 1. The maximum Gasteiger partial charge on any atom is 0.265 e. The van der Waals surface area contributed by atoms with Crippen LogP contribution >= 0.6 is 15.9 Å². The Balaban J connectivity index is 1.76. The number of rotatable bonds is 2. The van der Waals surface area contributed by atoms with E-state index in [9.17, 15) is 9.59 Å². The molecule has 0 N–H and O–H groups in total. The van der Waals surface area contributed by atoms with E-state index < -0.39 is 0 Å². The van der Waals surface area contributed by atoms with Gasteiger partial charge < -0.3 is 9.64 Å². The molecule has 1 fully saturated rings. The van der Waals surface area contributed by atoms with Gasteiger partial charge in [-0.15, -0.1) is 0 Å². The van der Waals surface area contributed by atoms with Crippen LogP contribution in [-0.2, 0) is 9.59 Å². The van der Waals surface area contributed by atoms with Crippen molar-refractivity contribution in [1.82, 2.24) is 4.90 Å². The SMILES string of the molecule is O=C(CN1C(=O)COc2cc(Br)ccc21)N1CCCCCC1. The maximum absolute atomic E-state index is 12.5. The number of nitrogens with zero attached hydrogens (tertiary/aromatic N) is 2. The molecule has 1 aromatic carbocycles. The minimum absolute atomic E-state index is 0.0171. The normalized spacial score (nSPS) is 18.5. The molecule has 6 heteroatoms. The summed E-state index contributed by atoms with van der Waals surface area (Å²) in [6, 6.07) is 5.49. The Morgan fingerprint density at radius 1 is 1.18 bits per heavy atom. The molecule has 2 aliphatic heterocycles. The summed E-state index contributed by atoms with van der Waals surface area (Å²) in [5.74, 6) is 0.488. The summed E-state index contributed by atoms with van der Waals surface area (Å²) in [4.78, 5) is 28.1. The smallest absolute Gasteiger partial charge is 0.265 e. The molecule has 118 valence electrons. The van der Waals surface area contributed by atoms with Crippen LogP contribution in [0, 0.1) is 0 Å². The molecule has 0 aromatic heterocycles. The van der Waals surface area contributed by atoms with E-state index in [0.29, 0.717) is 11.4 Å². The average molecular weight is 367 g/mol. The number of likely N-dealkylation sites (tertiary alicyclic amines) is 1. The van der Waals surface area contributed by atoms with Crippen molar-refractivity contribution in [1.29, 1.82) is 0 Å². The highest BCUT2D eigenvalue weighted by atomic mass is 79.9. The van der Waals surface area contributed by atoms with Gasteiger partial charge in [-0.3, -0.25) is 14.5 Å². The van der Waals surface area contributed by atoms with Gasteiger partial charge in [0, 0.05) is 17.6 Å². The molecule has 0 spiro atoms. The zero-order chi connectivity index (χ0) is 15.5. The second-order valence-corrected chi connectivity index (χ2v) is 6.59. The third-order valence-electron chi connectivity index (χ3n) is 4.12. The minimum atomic E-state index is -0.169. The van der Waals surface area contributed by atoms with E-state index in [1.165, 1.54) is 12.8 Å². The first-order valence-corrected chi connectivity index (χ1v) is 8.45. The molecule has 0 atom stereocenters. The Kier molecular flexibility index (Phi) is 4.66. The topological polar surface area (TPSA) is 49.9 Å². The average Bonchev–Trinajstić information content (AvgIpc) is 2.79. The van der Waals surface area contributed by atoms with Gasteiger partial charge in [0.1, 0.15) is 12.3 Å². The Morgan fingerprint density at radius 3 is 2.64 bits per heavy atom. The third kappa shape index (κ3) is 3.27. The van der Waals surface area contributed by atoms with E-state index in [0.717, 1.165) is 30.4 Å². The highest BCUT2D eigenvalue weighted by Gasteiger charge is 2.29. The summed E-state index contributed by atoms with van der Waals surface area (Å²) in [6.45, 7) is 1.67. The first kappa shape index (κ1) is 15.3. The van der Waals surface area contributed by atoms with Crippen LogP contribution in [0.25, 0.3) is 0 Å². The van der Waals surface area contributed by atoms with Crippen LogP contribution in [0.4, 0.5) is 5.69 Å². The monoisotopic (exact) mass is 366 g/mol. The minimum Gasteiger partial charge on any atom is -0.482 e. The Bertz CT molecular complexity index is 583. The second-order valence-electron chi connectivity index (χ2n) is 5.68. The Labute approximate surface area is 138 Å². The molecule has 0 aliphatic carbocycles. The molecule has 2 heterocycles. The molecular weight excluding hydrogens is 348 g/mol. The number of halogens is 1. The quantitative estimate of drug-likeness (QED) is 0.808. The molecule has 22 heavy (non-hydrogen) atoms. The highest BCUT2D eigenvalue weighted by Crippen LogP contribution is 2.34. The van der Waals surface area contributed by atoms with Crippen molar-refractivity contribution in [3.63, 3.8) is 0 Å². The molecule has 5 nitrogen and oxygen atoms in total. The lowest BCUT2D eigenvalue weighted by atomic mass is 10.2. The van der Waals surface area contributed by atoms with Gasteiger partial charge in [0.2, 0.25) is 5.91 Å². The summed E-state index contributed by atoms with van der Waals surface area (Å²) < 4.78 is 6.34. The van der Waals surface area contributed by atoms with Gasteiger partial charge in [0.05, 0.1) is 5.69 Å². The first-order valence-electron chi connectivity index (χ1n) is 7.65. The Hall–Kier alpha value is -1.56. The molecule has 0 radical (unpaired) electrons. The predicted molar refractivity (Wildman–Crippen MR) is 87.0 cm³/mol. The fourth-order valence-corrected chi connectivity index (χ4v) is 3.25. The zero-order valence-corrected chi connectivity index (χ0v) is 14.0. The largest absolute Gasteiger partial charge is 0.482 e. The molecule has 2 amide bonds. The molecule has 1 aromatic rings. The predicted octanol–water partition coefficient (Wildman–Crippen LogP) is 2.58. The summed E-state index contributed by atoms with van der Waals surface area (Å²) in [5, 5.41) is 0. The number of hydrogen-bond donors (Lipinski definition) is 0. The van der Waals surface area contributed by atoms with Crippen molar-refractivity contribution in [3.05, 3.63) is 22.7 Å². The molecule has 1 saturated heterocycles. The van der Waals surface area contributed by atoms with Crippen LogP contribution in [0.3, 0.4) is 0 Å². The van der Waals surface area contributed by atoms with Gasteiger partial charge in [-0.25, -0.2) is 0 Å². The van der Waals surface area contributed by atoms with Crippen LogP contribution < -0.4 is 9.64 Å². The van der Waals surface area contributed by atoms with Crippen LogP contribution in [0.5, 0.6) is 5.75 Å². The number of anilines is 1. The molecule has 0 unspecified atom stereocenters. The number of ether oxygens (including phenoxy) is 1. The van der Waals surface area contributed by atoms with Gasteiger partial charge in [-0.1, -0.05) is 28.8 Å². The number of fused-ring (bicyclic) bond motifs is 1. The van der Waals surface area contributed by atoms with Crippen molar-refractivity contribution >= 4 is 33.4 Å². The van der Waals surface area contributed by atoms with Crippen LogP contribution in [0.2, 0.25) is 0 Å². The van der Waals surface area contributed by atoms with E-state index >= 15 is 0 Å². The van der Waals surface area contributed by atoms with Crippen molar-refractivity contribution in [2.24, 2.45) is 0 Å². The van der Waals surface area contributed by atoms with Gasteiger partial charge >= 0.3 is 0 Å². The molecule has 0 saturated carbocycles.